The molecule has 0 bridgehead atoms. The average molecular weight is 541 g/mol. The summed E-state index contributed by atoms with van der Waals surface area (Å²) in [5.74, 6) is 2.17. The van der Waals surface area contributed by atoms with Crippen molar-refractivity contribution >= 4 is 41.1 Å². The number of urea groups is 1. The van der Waals surface area contributed by atoms with E-state index in [1.54, 1.807) is 24.4 Å². The number of carbonyl (C=O) groups excluding carboxylic acids is 2. The fourth-order valence-corrected chi connectivity index (χ4v) is 5.34. The minimum atomic E-state index is -0.506. The second-order valence-corrected chi connectivity index (χ2v) is 10.6. The molecule has 3 amide bonds. The lowest BCUT2D eigenvalue weighted by molar-refractivity contribution is -0.133. The molecule has 3 aliphatic rings. The lowest BCUT2D eigenvalue weighted by Crippen LogP contribution is -2.45. The van der Waals surface area contributed by atoms with E-state index in [0.29, 0.717) is 47.3 Å². The van der Waals surface area contributed by atoms with Gasteiger partial charge in [0.1, 0.15) is 11.6 Å². The minimum absolute atomic E-state index is 0.0695. The number of anilines is 1. The summed E-state index contributed by atoms with van der Waals surface area (Å²) in [4.78, 5) is 42.0. The number of benzene rings is 1. The summed E-state index contributed by atoms with van der Waals surface area (Å²) in [6.07, 6.45) is 5.57. The summed E-state index contributed by atoms with van der Waals surface area (Å²) >= 11 is 12.5. The van der Waals surface area contributed by atoms with E-state index in [2.05, 4.69) is 10.3 Å². The van der Waals surface area contributed by atoms with Crippen molar-refractivity contribution in [1.29, 1.82) is 0 Å². The quantitative estimate of drug-likeness (QED) is 0.506. The third-order valence-corrected chi connectivity index (χ3v) is 7.83. The van der Waals surface area contributed by atoms with E-state index in [1.165, 1.54) is 4.90 Å². The normalized spacial score (nSPS) is 19.1. The molecule has 37 heavy (non-hydrogen) atoms. The van der Waals surface area contributed by atoms with Crippen LogP contribution in [-0.4, -0.2) is 60.4 Å². The second-order valence-electron chi connectivity index (χ2n) is 9.77. The summed E-state index contributed by atoms with van der Waals surface area (Å²) in [6.45, 7) is 2.08. The summed E-state index contributed by atoms with van der Waals surface area (Å²) in [7, 11) is 0. The maximum Gasteiger partial charge on any atom is 0.315 e. The Morgan fingerprint density at radius 2 is 1.86 bits per heavy atom. The van der Waals surface area contributed by atoms with E-state index in [9.17, 15) is 9.59 Å². The van der Waals surface area contributed by atoms with Crippen molar-refractivity contribution in [2.75, 3.05) is 18.4 Å². The molecule has 0 radical (unpaired) electrons. The molecule has 10 nitrogen and oxygen atoms in total. The van der Waals surface area contributed by atoms with Crippen molar-refractivity contribution in [1.82, 2.24) is 29.3 Å². The predicted octanol–water partition coefficient (Wildman–Crippen LogP) is 3.84. The maximum absolute atomic E-state index is 12.6. The number of likely N-dealkylation sites (tertiary alicyclic amines) is 1. The van der Waals surface area contributed by atoms with Gasteiger partial charge < -0.3 is 20.9 Å². The van der Waals surface area contributed by atoms with Gasteiger partial charge in [-0.3, -0.25) is 9.36 Å². The molecule has 1 aromatic carbocycles. The Labute approximate surface area is 223 Å². The third kappa shape index (κ3) is 4.71. The van der Waals surface area contributed by atoms with Gasteiger partial charge in [0, 0.05) is 36.8 Å². The van der Waals surface area contributed by atoms with Gasteiger partial charge in [0.25, 0.3) is 0 Å². The Morgan fingerprint density at radius 3 is 2.62 bits per heavy atom. The zero-order valence-electron chi connectivity index (χ0n) is 20.0. The first-order valence-electron chi connectivity index (χ1n) is 12.4. The van der Waals surface area contributed by atoms with Gasteiger partial charge in [-0.15, -0.1) is 0 Å². The fraction of sp³-hybridized carbons (Fsp3) is 0.400. The van der Waals surface area contributed by atoms with Crippen LogP contribution in [0.25, 0.3) is 17.2 Å². The molecule has 3 N–H and O–H groups in total. The Kier molecular flexibility index (Phi) is 6.16. The first-order valence-corrected chi connectivity index (χ1v) is 13.1. The number of nitrogens with zero attached hydrogens (tertiary/aromatic N) is 6. The van der Waals surface area contributed by atoms with Crippen molar-refractivity contribution in [3.8, 4) is 17.2 Å². The van der Waals surface area contributed by atoms with Crippen molar-refractivity contribution in [2.45, 2.75) is 44.8 Å². The van der Waals surface area contributed by atoms with E-state index in [1.807, 2.05) is 15.5 Å². The Bertz CT molecular complexity index is 1390. The van der Waals surface area contributed by atoms with Crippen LogP contribution in [0.15, 0.2) is 30.5 Å². The molecule has 4 heterocycles. The largest absolute Gasteiger partial charge is 0.351 e. The second kappa shape index (κ2) is 9.50. The van der Waals surface area contributed by atoms with Crippen LogP contribution in [-0.2, 0) is 17.9 Å². The number of fused-ring (bicyclic) bond motifs is 1. The van der Waals surface area contributed by atoms with E-state index in [0.717, 1.165) is 49.2 Å². The molecule has 1 saturated heterocycles. The zero-order chi connectivity index (χ0) is 25.7. The van der Waals surface area contributed by atoms with Crippen LogP contribution in [0.3, 0.4) is 0 Å². The average Bonchev–Trinajstić information content (AvgIpc) is 3.55. The highest BCUT2D eigenvalue weighted by Gasteiger charge is 2.35. The van der Waals surface area contributed by atoms with Crippen LogP contribution in [0.2, 0.25) is 10.0 Å². The summed E-state index contributed by atoms with van der Waals surface area (Å²) in [5.41, 5.74) is 7.88. The van der Waals surface area contributed by atoms with E-state index < -0.39 is 6.03 Å². The molecule has 1 aliphatic carbocycles. The zero-order valence-corrected chi connectivity index (χ0v) is 21.5. The van der Waals surface area contributed by atoms with Crippen molar-refractivity contribution in [3.63, 3.8) is 0 Å². The van der Waals surface area contributed by atoms with Crippen LogP contribution in [0, 0.1) is 5.92 Å². The van der Waals surface area contributed by atoms with Crippen LogP contribution in [0.4, 0.5) is 10.7 Å². The highest BCUT2D eigenvalue weighted by Crippen LogP contribution is 2.35. The number of hydrogen-bond donors (Lipinski definition) is 2. The molecule has 12 heteroatoms. The van der Waals surface area contributed by atoms with Gasteiger partial charge in [-0.1, -0.05) is 23.2 Å². The van der Waals surface area contributed by atoms with Gasteiger partial charge >= 0.3 is 6.03 Å². The van der Waals surface area contributed by atoms with Crippen LogP contribution >= 0.6 is 23.2 Å². The van der Waals surface area contributed by atoms with Gasteiger partial charge in [-0.05, 0) is 49.9 Å². The molecule has 192 valence electrons. The van der Waals surface area contributed by atoms with Crippen molar-refractivity contribution < 1.29 is 9.59 Å². The number of aromatic nitrogens is 4. The number of carbonyl (C=O) groups is 2. The molecule has 6 rings (SSSR count). The van der Waals surface area contributed by atoms with Crippen LogP contribution in [0.1, 0.15) is 37.1 Å². The van der Waals surface area contributed by atoms with E-state index in [4.69, 9.17) is 38.9 Å². The summed E-state index contributed by atoms with van der Waals surface area (Å²) < 4.78 is 1.91. The number of hydrogen-bond acceptors (Lipinski definition) is 6. The Balaban J connectivity index is 1.32. The lowest BCUT2D eigenvalue weighted by Gasteiger charge is -2.33. The number of nitrogens with one attached hydrogen (secondary N) is 1. The summed E-state index contributed by atoms with van der Waals surface area (Å²) in [6, 6.07) is 6.70. The molecule has 0 spiro atoms. The van der Waals surface area contributed by atoms with E-state index >= 15 is 0 Å². The van der Waals surface area contributed by atoms with Gasteiger partial charge in [0.05, 0.1) is 34.5 Å². The molecular formula is C25H26Cl2N8O2. The number of piperidine rings is 1. The first kappa shape index (κ1) is 24.0. The smallest absolute Gasteiger partial charge is 0.315 e. The van der Waals surface area contributed by atoms with Gasteiger partial charge in [-0.2, -0.15) is 4.98 Å². The third-order valence-electron chi connectivity index (χ3n) is 7.09. The number of rotatable bonds is 5. The molecule has 3 aromatic rings. The van der Waals surface area contributed by atoms with Crippen molar-refractivity contribution in [3.05, 3.63) is 51.9 Å². The Hall–Kier alpha value is -3.37. The predicted molar refractivity (Wildman–Crippen MR) is 139 cm³/mol. The maximum atomic E-state index is 12.6. The van der Waals surface area contributed by atoms with Gasteiger partial charge in [0.15, 0.2) is 0 Å². The molecule has 2 aromatic heterocycles. The highest BCUT2D eigenvalue weighted by molar-refractivity contribution is 6.42. The topological polar surface area (TPSA) is 122 Å². The minimum Gasteiger partial charge on any atom is -0.351 e. The standard InChI is InChI=1S/C25H26Cl2N8O2/c26-17-6-5-15(10-18(17)27)22-31-19-12-34(24(28)37)13-20(19)35(22)21-7-8-29-25(32-21)30-16-2-1-9-33(11-16)23(36)14-3-4-14/h5-8,10,14,16H,1-4,9,11-13H2,(H2,28,37)(H,29,30,32)/t16-/m0/s1. The number of halogens is 2. The highest BCUT2D eigenvalue weighted by atomic mass is 35.5. The molecule has 2 fully saturated rings. The molecule has 0 unspecified atom stereocenters. The first-order chi connectivity index (χ1) is 17.9. The number of primary amides is 1. The van der Waals surface area contributed by atoms with E-state index in [-0.39, 0.29) is 17.9 Å². The molecular weight excluding hydrogens is 515 g/mol. The Morgan fingerprint density at radius 1 is 1.03 bits per heavy atom. The number of nitrogens with two attached hydrogens (primary N) is 1. The molecule has 1 saturated carbocycles. The summed E-state index contributed by atoms with van der Waals surface area (Å²) in [5, 5.41) is 4.29. The van der Waals surface area contributed by atoms with Gasteiger partial charge in [0.2, 0.25) is 11.9 Å². The monoisotopic (exact) mass is 540 g/mol. The van der Waals surface area contributed by atoms with Crippen LogP contribution in [0.5, 0.6) is 0 Å². The molecule has 1 atom stereocenters. The number of imidazole rings is 1. The fourth-order valence-electron chi connectivity index (χ4n) is 5.05. The number of amides is 3. The van der Waals surface area contributed by atoms with Crippen LogP contribution < -0.4 is 11.1 Å². The SMILES string of the molecule is NC(=O)N1Cc2nc(-c3ccc(Cl)c(Cl)c3)n(-c3ccnc(N[C@H]4CCCN(C(=O)C5CC5)C4)n3)c2C1. The molecule has 2 aliphatic heterocycles. The van der Waals surface area contributed by atoms with Gasteiger partial charge in [-0.25, -0.2) is 14.8 Å². The van der Waals surface area contributed by atoms with Crippen molar-refractivity contribution in [2.24, 2.45) is 11.7 Å². The lowest BCUT2D eigenvalue weighted by atomic mass is 10.1.